The number of nitro groups is 1. The van der Waals surface area contributed by atoms with Gasteiger partial charge >= 0.3 is 11.9 Å². The molecule has 1 N–H and O–H groups in total. The van der Waals surface area contributed by atoms with Crippen LogP contribution in [0.2, 0.25) is 0 Å². The first-order valence-corrected chi connectivity index (χ1v) is 13.0. The molecule has 3 aliphatic carbocycles. The smallest absolute Gasteiger partial charge is 0.338 e. The lowest BCUT2D eigenvalue weighted by atomic mass is 9.47. The first-order chi connectivity index (χ1) is 18.1. The molecule has 4 rings (SSSR count). The predicted molar refractivity (Wildman–Crippen MR) is 139 cm³/mol. The number of aliphatic hydroxyl groups excluding tert-OH is 1. The highest BCUT2D eigenvalue weighted by molar-refractivity contribution is 6.50. The van der Waals surface area contributed by atoms with Gasteiger partial charge in [0, 0.05) is 47.1 Å². The van der Waals surface area contributed by atoms with Crippen molar-refractivity contribution in [1.29, 1.82) is 0 Å². The maximum atomic E-state index is 13.7. The number of Topliss-reactive ketones (excluding diaryl/α,β-unsaturated/α-hetero) is 2. The predicted octanol–water partition coefficient (Wildman–Crippen LogP) is 4.81. The molecule has 1 fully saturated rings. The first-order valence-electron chi connectivity index (χ1n) is 13.0. The zero-order chi connectivity index (χ0) is 29.0. The number of aliphatic hydroxyl groups is 1. The molecule has 0 aromatic heterocycles. The van der Waals surface area contributed by atoms with E-state index in [1.54, 1.807) is 13.8 Å². The lowest BCUT2D eigenvalue weighted by molar-refractivity contribution is -0.384. The summed E-state index contributed by atoms with van der Waals surface area (Å²) in [6, 6.07) is 4.92. The number of nitro benzene ring substituents is 1. The third-order valence-electron chi connectivity index (χ3n) is 8.41. The number of carbonyl (C=O) groups is 4. The van der Waals surface area contributed by atoms with Gasteiger partial charge in [-0.1, -0.05) is 41.0 Å². The summed E-state index contributed by atoms with van der Waals surface area (Å²) >= 11 is 0. The van der Waals surface area contributed by atoms with Crippen LogP contribution in [0.3, 0.4) is 0 Å². The Morgan fingerprint density at radius 1 is 1.05 bits per heavy atom. The number of esters is 2. The van der Waals surface area contributed by atoms with Crippen molar-refractivity contribution in [1.82, 2.24) is 0 Å². The summed E-state index contributed by atoms with van der Waals surface area (Å²) in [7, 11) is 0. The second-order valence-electron chi connectivity index (χ2n) is 11.8. The normalized spacial score (nSPS) is 28.1. The molecule has 0 aliphatic heterocycles. The average Bonchev–Trinajstić information content (AvgIpc) is 2.82. The number of ether oxygens (including phenoxy) is 2. The van der Waals surface area contributed by atoms with Crippen LogP contribution in [0.1, 0.15) is 71.2 Å². The van der Waals surface area contributed by atoms with Crippen LogP contribution >= 0.6 is 0 Å². The van der Waals surface area contributed by atoms with Crippen molar-refractivity contribution in [3.63, 3.8) is 0 Å². The van der Waals surface area contributed by atoms with Crippen LogP contribution in [0.25, 0.3) is 0 Å². The molecule has 1 aromatic rings. The molecule has 0 spiro atoms. The number of hydrogen-bond acceptors (Lipinski definition) is 9. The summed E-state index contributed by atoms with van der Waals surface area (Å²) in [6.45, 7) is 10.3. The fourth-order valence-corrected chi connectivity index (χ4v) is 6.97. The third-order valence-corrected chi connectivity index (χ3v) is 8.41. The van der Waals surface area contributed by atoms with Gasteiger partial charge in [-0.2, -0.15) is 0 Å². The van der Waals surface area contributed by atoms with Crippen LogP contribution in [0.5, 0.6) is 0 Å². The maximum absolute atomic E-state index is 13.7. The van der Waals surface area contributed by atoms with E-state index in [2.05, 4.69) is 0 Å². The zero-order valence-electron chi connectivity index (χ0n) is 22.9. The minimum atomic E-state index is -1.35. The van der Waals surface area contributed by atoms with E-state index in [1.165, 1.54) is 31.2 Å². The molecule has 4 atom stereocenters. The Morgan fingerprint density at radius 2 is 1.67 bits per heavy atom. The molecule has 208 valence electrons. The molecule has 0 amide bonds. The van der Waals surface area contributed by atoms with E-state index in [0.29, 0.717) is 6.42 Å². The topological polar surface area (TPSA) is 150 Å². The SMILES string of the molecule is CC(=O)O[C@@H]1C2=C(C(=O)C(=O)C(C(C)C)=C2O)[C@@]2(C)CCCC(C)(C)[C@@H]2[C@@H]1OC(=O)c1ccc([N+](=O)[O-])cc1. The molecule has 0 bridgehead atoms. The first kappa shape index (κ1) is 28.2. The number of nitrogens with zero attached hydrogens (tertiary/aromatic N) is 1. The summed E-state index contributed by atoms with van der Waals surface area (Å²) in [5.74, 6) is -4.53. The Balaban J connectivity index is 1.94. The van der Waals surface area contributed by atoms with Crippen LogP contribution in [-0.4, -0.2) is 45.7 Å². The molecule has 1 aromatic carbocycles. The number of ketones is 2. The van der Waals surface area contributed by atoms with Gasteiger partial charge in [0.2, 0.25) is 11.6 Å². The number of non-ortho nitro benzene ring substituents is 1. The van der Waals surface area contributed by atoms with Gasteiger partial charge in [-0.3, -0.25) is 24.5 Å². The minimum absolute atomic E-state index is 0.0106. The number of rotatable bonds is 5. The van der Waals surface area contributed by atoms with Crippen LogP contribution in [0.15, 0.2) is 46.7 Å². The Labute approximate surface area is 226 Å². The largest absolute Gasteiger partial charge is 0.507 e. The van der Waals surface area contributed by atoms with E-state index in [9.17, 15) is 34.4 Å². The monoisotopic (exact) mass is 539 g/mol. The molecule has 0 heterocycles. The highest BCUT2D eigenvalue weighted by Crippen LogP contribution is 2.62. The number of fused-ring (bicyclic) bond motifs is 2. The standard InChI is InChI=1S/C29H33NO9/c1-14(2)18-21(32)19-20(23(34)22(18)33)29(6)13-7-12-28(4,5)26(29)25(24(19)38-15(3)31)39-27(35)16-8-10-17(11-9-16)30(36)37/h8-11,14,24-26,32H,7,12-13H2,1-6H3/t24-,25-,26+,29-/m1/s1. The second kappa shape index (κ2) is 9.73. The summed E-state index contributed by atoms with van der Waals surface area (Å²) in [5, 5.41) is 22.5. The van der Waals surface area contributed by atoms with E-state index < -0.39 is 69.1 Å². The number of carbonyl (C=O) groups excluding carboxylic acids is 4. The molecular weight excluding hydrogens is 506 g/mol. The molecular formula is C29H33NO9. The molecule has 0 unspecified atom stereocenters. The lowest BCUT2D eigenvalue weighted by Crippen LogP contribution is -2.61. The van der Waals surface area contributed by atoms with E-state index in [1.807, 2.05) is 20.8 Å². The molecule has 10 nitrogen and oxygen atoms in total. The van der Waals surface area contributed by atoms with Gasteiger partial charge in [-0.25, -0.2) is 4.79 Å². The summed E-state index contributed by atoms with van der Waals surface area (Å²) in [4.78, 5) is 63.2. The Kier molecular flexibility index (Phi) is 7.04. The highest BCUT2D eigenvalue weighted by atomic mass is 16.6. The van der Waals surface area contributed by atoms with Crippen molar-refractivity contribution in [2.24, 2.45) is 22.7 Å². The summed E-state index contributed by atoms with van der Waals surface area (Å²) in [6.07, 6.45) is -0.536. The number of benzene rings is 1. The Hall–Kier alpha value is -3.82. The number of hydrogen-bond donors (Lipinski definition) is 1. The Morgan fingerprint density at radius 3 is 2.21 bits per heavy atom. The fraction of sp³-hybridized carbons (Fsp3) is 0.517. The van der Waals surface area contributed by atoms with Crippen LogP contribution < -0.4 is 0 Å². The van der Waals surface area contributed by atoms with Crippen molar-refractivity contribution in [3.8, 4) is 0 Å². The van der Waals surface area contributed by atoms with E-state index in [4.69, 9.17) is 9.47 Å². The van der Waals surface area contributed by atoms with Crippen molar-refractivity contribution >= 4 is 29.2 Å². The van der Waals surface area contributed by atoms with E-state index in [0.717, 1.165) is 12.8 Å². The molecule has 10 heteroatoms. The van der Waals surface area contributed by atoms with Gasteiger partial charge in [0.1, 0.15) is 11.9 Å². The highest BCUT2D eigenvalue weighted by Gasteiger charge is 2.63. The van der Waals surface area contributed by atoms with Crippen LogP contribution in [0, 0.1) is 32.8 Å². The van der Waals surface area contributed by atoms with E-state index >= 15 is 0 Å². The Bertz CT molecular complexity index is 1330. The van der Waals surface area contributed by atoms with Crippen LogP contribution in [-0.2, 0) is 23.9 Å². The van der Waals surface area contributed by atoms with Crippen molar-refractivity contribution in [2.75, 3.05) is 0 Å². The third kappa shape index (κ3) is 4.55. The summed E-state index contributed by atoms with van der Waals surface area (Å²) in [5.41, 5.74) is -1.59. The van der Waals surface area contributed by atoms with Gasteiger partial charge in [0.25, 0.3) is 5.69 Å². The molecule has 1 saturated carbocycles. The van der Waals surface area contributed by atoms with Crippen molar-refractivity contribution < 1.29 is 38.7 Å². The molecule has 0 radical (unpaired) electrons. The van der Waals surface area contributed by atoms with Crippen molar-refractivity contribution in [2.45, 2.75) is 73.0 Å². The van der Waals surface area contributed by atoms with Gasteiger partial charge < -0.3 is 14.6 Å². The summed E-state index contributed by atoms with van der Waals surface area (Å²) < 4.78 is 11.8. The average molecular weight is 540 g/mol. The second-order valence-corrected chi connectivity index (χ2v) is 11.8. The van der Waals surface area contributed by atoms with E-state index in [-0.39, 0.29) is 28.0 Å². The number of allylic oxidation sites excluding steroid dienone is 2. The van der Waals surface area contributed by atoms with Crippen LogP contribution in [0.4, 0.5) is 5.69 Å². The molecule has 0 saturated heterocycles. The lowest BCUT2D eigenvalue weighted by Gasteiger charge is -2.58. The fourth-order valence-electron chi connectivity index (χ4n) is 6.97. The van der Waals surface area contributed by atoms with Gasteiger partial charge in [0.05, 0.1) is 10.5 Å². The quantitative estimate of drug-likeness (QED) is 0.183. The zero-order valence-corrected chi connectivity index (χ0v) is 22.9. The van der Waals surface area contributed by atoms with Gasteiger partial charge in [-0.15, -0.1) is 0 Å². The molecule has 39 heavy (non-hydrogen) atoms. The minimum Gasteiger partial charge on any atom is -0.507 e. The molecule has 3 aliphatic rings. The maximum Gasteiger partial charge on any atom is 0.338 e. The van der Waals surface area contributed by atoms with Crippen molar-refractivity contribution in [3.05, 3.63) is 62.4 Å². The van der Waals surface area contributed by atoms with Gasteiger partial charge in [-0.05, 0) is 36.3 Å². The van der Waals surface area contributed by atoms with Gasteiger partial charge in [0.15, 0.2) is 6.10 Å².